The highest BCUT2D eigenvalue weighted by Crippen LogP contribution is 2.32. The van der Waals surface area contributed by atoms with E-state index in [9.17, 15) is 4.79 Å². The number of piperidine rings is 1. The molecule has 0 saturated carbocycles. The summed E-state index contributed by atoms with van der Waals surface area (Å²) in [5.41, 5.74) is 1.22. The van der Waals surface area contributed by atoms with Gasteiger partial charge in [-0.25, -0.2) is 14.8 Å². The van der Waals surface area contributed by atoms with E-state index < -0.39 is 0 Å². The summed E-state index contributed by atoms with van der Waals surface area (Å²) in [4.78, 5) is 26.2. The zero-order valence-electron chi connectivity index (χ0n) is 18.4. The van der Waals surface area contributed by atoms with Crippen LogP contribution in [0.4, 0.5) is 4.79 Å². The number of thioether (sulfide) groups is 2. The fourth-order valence-corrected chi connectivity index (χ4v) is 5.77. The maximum atomic E-state index is 12.6. The molecule has 0 aliphatic carbocycles. The number of aromatic amines is 1. The minimum atomic E-state index is -0.257. The van der Waals surface area contributed by atoms with E-state index in [1.807, 2.05) is 59.4 Å². The van der Waals surface area contributed by atoms with Crippen LogP contribution in [-0.2, 0) is 13.5 Å². The summed E-state index contributed by atoms with van der Waals surface area (Å²) < 4.78 is 7.64. The normalized spacial score (nSPS) is 15.6. The first-order valence-corrected chi connectivity index (χ1v) is 12.8. The van der Waals surface area contributed by atoms with Gasteiger partial charge in [0.1, 0.15) is 5.75 Å². The van der Waals surface area contributed by atoms with Gasteiger partial charge in [0.25, 0.3) is 0 Å². The Hall–Kier alpha value is -2.39. The van der Waals surface area contributed by atoms with Crippen molar-refractivity contribution in [3.63, 3.8) is 0 Å². The Bertz CT molecular complexity index is 982. The topological polar surface area (TPSA) is 76.0 Å². The van der Waals surface area contributed by atoms with Crippen molar-refractivity contribution in [1.82, 2.24) is 24.4 Å². The number of hydrogen-bond donors (Lipinski definition) is 1. The summed E-state index contributed by atoms with van der Waals surface area (Å²) in [6, 6.07) is 7.82. The largest absolute Gasteiger partial charge is 0.415 e. The molecule has 1 aliphatic rings. The molecule has 4 rings (SSSR count). The lowest BCUT2D eigenvalue weighted by molar-refractivity contribution is 0.131. The molecule has 32 heavy (non-hydrogen) atoms. The molecule has 1 N–H and O–H groups in total. The second-order valence-corrected chi connectivity index (χ2v) is 10.4. The Morgan fingerprint density at radius 3 is 2.66 bits per heavy atom. The fraction of sp³-hybridized carbons (Fsp3) is 0.435. The quantitative estimate of drug-likeness (QED) is 0.473. The van der Waals surface area contributed by atoms with Crippen molar-refractivity contribution in [2.24, 2.45) is 13.0 Å². The van der Waals surface area contributed by atoms with E-state index in [2.05, 4.69) is 21.9 Å². The third-order valence-corrected chi connectivity index (χ3v) is 8.02. The lowest BCUT2D eigenvalue weighted by Crippen LogP contribution is -2.41. The molecule has 1 saturated heterocycles. The molecule has 3 heterocycles. The number of nitrogens with one attached hydrogen (secondary N) is 1. The Kier molecular flexibility index (Phi) is 7.81. The highest BCUT2D eigenvalue weighted by molar-refractivity contribution is 7.99. The minimum absolute atomic E-state index is 0.257. The molecule has 0 bridgehead atoms. The zero-order chi connectivity index (χ0) is 22.3. The highest BCUT2D eigenvalue weighted by atomic mass is 32.2. The fourth-order valence-electron chi connectivity index (χ4n) is 3.78. The minimum Gasteiger partial charge on any atom is -0.410 e. The molecule has 2 aromatic heterocycles. The van der Waals surface area contributed by atoms with Gasteiger partial charge in [0.15, 0.2) is 10.3 Å². The van der Waals surface area contributed by atoms with Crippen molar-refractivity contribution in [3.8, 4) is 5.75 Å². The lowest BCUT2D eigenvalue weighted by atomic mass is 9.94. The molecule has 0 spiro atoms. The molecular weight excluding hydrogens is 442 g/mol. The lowest BCUT2D eigenvalue weighted by Gasteiger charge is -2.33. The standard InChI is InChI=1S/C23H29N5O2S2/c1-17(32-21-24-10-11-25-21)19-7-13-28(14-8-19)23(29)30-20-5-3-18(4-6-20)9-16-31-22-26-12-15-27(22)2/h3-6,10-12,15,17,19H,7-9,13-14,16H2,1-2H3,(H,24,25). The molecule has 1 aliphatic heterocycles. The molecule has 1 amide bonds. The maximum absolute atomic E-state index is 12.6. The van der Waals surface area contributed by atoms with E-state index in [1.165, 1.54) is 5.56 Å². The van der Waals surface area contributed by atoms with Crippen molar-refractivity contribution in [1.29, 1.82) is 0 Å². The van der Waals surface area contributed by atoms with Crippen LogP contribution in [0.25, 0.3) is 0 Å². The van der Waals surface area contributed by atoms with Gasteiger partial charge in [-0.05, 0) is 42.9 Å². The first-order chi connectivity index (χ1) is 15.6. The monoisotopic (exact) mass is 471 g/mol. The van der Waals surface area contributed by atoms with Crippen molar-refractivity contribution in [2.45, 2.75) is 41.7 Å². The van der Waals surface area contributed by atoms with Crippen LogP contribution < -0.4 is 4.74 Å². The van der Waals surface area contributed by atoms with Crippen LogP contribution in [0.5, 0.6) is 5.75 Å². The van der Waals surface area contributed by atoms with Gasteiger partial charge in [-0.1, -0.05) is 42.6 Å². The van der Waals surface area contributed by atoms with Crippen LogP contribution in [0, 0.1) is 5.92 Å². The second-order valence-electron chi connectivity index (χ2n) is 7.97. The first kappa shape index (κ1) is 22.8. The smallest absolute Gasteiger partial charge is 0.410 e. The Morgan fingerprint density at radius 2 is 2.00 bits per heavy atom. The second kappa shape index (κ2) is 11.0. The Morgan fingerprint density at radius 1 is 1.22 bits per heavy atom. The summed E-state index contributed by atoms with van der Waals surface area (Å²) >= 11 is 3.51. The van der Waals surface area contributed by atoms with Gasteiger partial charge in [-0.3, -0.25) is 0 Å². The third kappa shape index (κ3) is 6.10. The van der Waals surface area contributed by atoms with Crippen molar-refractivity contribution < 1.29 is 9.53 Å². The molecule has 0 radical (unpaired) electrons. The molecular formula is C23H29N5O2S2. The molecule has 1 aromatic carbocycles. The van der Waals surface area contributed by atoms with E-state index in [0.717, 1.165) is 48.4 Å². The summed E-state index contributed by atoms with van der Waals surface area (Å²) in [5, 5.41) is 2.44. The van der Waals surface area contributed by atoms with Gasteiger partial charge in [-0.2, -0.15) is 0 Å². The van der Waals surface area contributed by atoms with Crippen LogP contribution in [0.1, 0.15) is 25.3 Å². The third-order valence-electron chi connectivity index (χ3n) is 5.76. The number of rotatable bonds is 8. The molecule has 170 valence electrons. The predicted molar refractivity (Wildman–Crippen MR) is 128 cm³/mol. The molecule has 1 fully saturated rings. The van der Waals surface area contributed by atoms with Gasteiger partial charge in [0, 0.05) is 55.9 Å². The van der Waals surface area contributed by atoms with Crippen LogP contribution in [-0.4, -0.2) is 54.6 Å². The summed E-state index contributed by atoms with van der Waals surface area (Å²) in [6.45, 7) is 3.70. The van der Waals surface area contributed by atoms with Crippen molar-refractivity contribution >= 4 is 29.6 Å². The van der Waals surface area contributed by atoms with Crippen LogP contribution >= 0.6 is 23.5 Å². The zero-order valence-corrected chi connectivity index (χ0v) is 20.1. The van der Waals surface area contributed by atoms with Gasteiger partial charge in [0.2, 0.25) is 0 Å². The number of aryl methyl sites for hydroxylation is 2. The predicted octanol–water partition coefficient (Wildman–Crippen LogP) is 4.87. The Balaban J connectivity index is 1.19. The molecule has 1 unspecified atom stereocenters. The van der Waals surface area contributed by atoms with E-state index in [1.54, 1.807) is 29.7 Å². The number of imidazole rings is 2. The molecule has 3 aromatic rings. The number of likely N-dealkylation sites (tertiary alicyclic amines) is 1. The number of H-pyrrole nitrogens is 1. The SMILES string of the molecule is CC(Sc1ncc[nH]1)C1CCN(C(=O)Oc2ccc(CCSc3nccn3C)cc2)CC1. The van der Waals surface area contributed by atoms with Gasteiger partial charge < -0.3 is 19.2 Å². The number of amides is 1. The number of benzene rings is 1. The number of carbonyl (C=O) groups excluding carboxylic acids is 1. The van der Waals surface area contributed by atoms with Gasteiger partial charge in [0.05, 0.1) is 0 Å². The van der Waals surface area contributed by atoms with Gasteiger partial charge in [-0.15, -0.1) is 0 Å². The van der Waals surface area contributed by atoms with Crippen LogP contribution in [0.15, 0.2) is 59.4 Å². The highest BCUT2D eigenvalue weighted by Gasteiger charge is 2.28. The van der Waals surface area contributed by atoms with Crippen LogP contribution in [0.2, 0.25) is 0 Å². The number of hydrogen-bond acceptors (Lipinski definition) is 6. The average molecular weight is 472 g/mol. The molecule has 9 heteroatoms. The number of nitrogens with zero attached hydrogens (tertiary/aromatic N) is 4. The van der Waals surface area contributed by atoms with E-state index >= 15 is 0 Å². The number of aromatic nitrogens is 4. The summed E-state index contributed by atoms with van der Waals surface area (Å²) in [6.07, 6.45) is 10.0. The number of ether oxygens (including phenoxy) is 1. The summed E-state index contributed by atoms with van der Waals surface area (Å²) in [7, 11) is 2.00. The Labute approximate surface area is 197 Å². The number of carbonyl (C=O) groups is 1. The summed E-state index contributed by atoms with van der Waals surface area (Å²) in [5.74, 6) is 2.12. The van der Waals surface area contributed by atoms with Crippen molar-refractivity contribution in [2.75, 3.05) is 18.8 Å². The molecule has 7 nitrogen and oxygen atoms in total. The van der Waals surface area contributed by atoms with E-state index in [4.69, 9.17) is 4.74 Å². The maximum Gasteiger partial charge on any atom is 0.415 e. The first-order valence-electron chi connectivity index (χ1n) is 10.9. The average Bonchev–Trinajstić information content (AvgIpc) is 3.47. The van der Waals surface area contributed by atoms with Gasteiger partial charge >= 0.3 is 6.09 Å². The van der Waals surface area contributed by atoms with Crippen LogP contribution in [0.3, 0.4) is 0 Å². The van der Waals surface area contributed by atoms with E-state index in [-0.39, 0.29) is 6.09 Å². The van der Waals surface area contributed by atoms with Crippen molar-refractivity contribution in [3.05, 3.63) is 54.6 Å². The molecule has 1 atom stereocenters. The van der Waals surface area contributed by atoms with E-state index in [0.29, 0.717) is 16.9 Å².